The van der Waals surface area contributed by atoms with Crippen LogP contribution in [-0.4, -0.2) is 38.0 Å². The Morgan fingerprint density at radius 1 is 1.06 bits per heavy atom. The van der Waals surface area contributed by atoms with Gasteiger partial charge in [0.05, 0.1) is 28.7 Å². The first-order valence-electron chi connectivity index (χ1n) is 18.4. The highest BCUT2D eigenvalue weighted by molar-refractivity contribution is 6.34. The number of nitrogens with zero attached hydrogens (tertiary/aromatic N) is 4. The topological polar surface area (TPSA) is 101 Å². The zero-order valence-electron chi connectivity index (χ0n) is 33.9. The molecule has 1 saturated carbocycles. The number of halogens is 4. The first kappa shape index (κ1) is 51.2. The van der Waals surface area contributed by atoms with Crippen molar-refractivity contribution in [3.63, 3.8) is 0 Å². The molecule has 0 saturated heterocycles. The minimum Gasteiger partial charge on any atom is -0.381 e. The van der Waals surface area contributed by atoms with E-state index in [-0.39, 0.29) is 18.2 Å². The number of aliphatic hydroxyl groups is 1. The summed E-state index contributed by atoms with van der Waals surface area (Å²) in [5.74, 6) is 0.558. The summed E-state index contributed by atoms with van der Waals surface area (Å²) in [7, 11) is 0. The fraction of sp³-hybridized carbons (Fsp3) is 0.500. The molecular formula is C42H64ClF3N6O. The summed E-state index contributed by atoms with van der Waals surface area (Å²) < 4.78 is 41.6. The van der Waals surface area contributed by atoms with Gasteiger partial charge in [-0.2, -0.15) is 18.3 Å². The van der Waals surface area contributed by atoms with Gasteiger partial charge in [-0.25, -0.2) is 4.52 Å². The van der Waals surface area contributed by atoms with E-state index in [4.69, 9.17) is 21.7 Å². The van der Waals surface area contributed by atoms with Crippen LogP contribution in [0.5, 0.6) is 0 Å². The average molecular weight is 761 g/mol. The van der Waals surface area contributed by atoms with Crippen LogP contribution < -0.4 is 11.1 Å². The molecule has 296 valence electrons. The quantitative estimate of drug-likeness (QED) is 0.0715. The maximum absolute atomic E-state index is 13.2. The number of aliphatic hydroxyl groups excluding tert-OH is 1. The van der Waals surface area contributed by atoms with Gasteiger partial charge in [0.1, 0.15) is 0 Å². The van der Waals surface area contributed by atoms with Crippen LogP contribution in [0.25, 0.3) is 16.8 Å². The number of hydrogen-bond acceptors (Lipinski definition) is 6. The Balaban J connectivity index is 0. The molecule has 0 radical (unpaired) electrons. The highest BCUT2D eigenvalue weighted by Crippen LogP contribution is 2.44. The van der Waals surface area contributed by atoms with Crippen molar-refractivity contribution in [3.8, 4) is 23.7 Å². The Morgan fingerprint density at radius 2 is 1.62 bits per heavy atom. The molecule has 0 aromatic carbocycles. The van der Waals surface area contributed by atoms with Crippen LogP contribution in [0.2, 0.25) is 5.02 Å². The van der Waals surface area contributed by atoms with Crippen molar-refractivity contribution in [2.75, 3.05) is 13.3 Å². The Morgan fingerprint density at radius 3 is 2.11 bits per heavy atom. The fourth-order valence-corrected chi connectivity index (χ4v) is 5.45. The molecule has 1 aliphatic rings. The van der Waals surface area contributed by atoms with Crippen LogP contribution in [0.15, 0.2) is 49.7 Å². The Labute approximate surface area is 322 Å². The Kier molecular flexibility index (Phi) is 26.7. The van der Waals surface area contributed by atoms with Crippen LogP contribution >= 0.6 is 11.6 Å². The Bertz CT molecular complexity index is 1640. The van der Waals surface area contributed by atoms with E-state index in [0.717, 1.165) is 48.7 Å². The highest BCUT2D eigenvalue weighted by atomic mass is 35.5. The fourth-order valence-electron chi connectivity index (χ4n) is 5.15. The van der Waals surface area contributed by atoms with Gasteiger partial charge in [-0.15, -0.1) is 13.2 Å². The minimum absolute atomic E-state index is 0.0953. The van der Waals surface area contributed by atoms with Gasteiger partial charge in [-0.1, -0.05) is 79.3 Å². The average Bonchev–Trinajstić information content (AvgIpc) is 3.89. The summed E-state index contributed by atoms with van der Waals surface area (Å²) >= 11 is 6.07. The maximum atomic E-state index is 13.2. The van der Waals surface area contributed by atoms with Gasteiger partial charge >= 0.3 is 6.18 Å². The molecule has 0 aliphatic heterocycles. The molecule has 11 heteroatoms. The predicted molar refractivity (Wildman–Crippen MR) is 219 cm³/mol. The standard InChI is InChI=1S/C19H21ClF3N3O.C12H16N2.C3H8.C2H3N.2C2H6.C2H4/c1-10-7-15(14(8-24-9-27)12-3-4-12)26-17(11(10)2)13-5-6-25-18(16(13)20)19(21,22)23;1-4-5-11-8-12-7-9(2)6-10(3)14(12)13-11;1-3-2;1-2-3;3*1-2/h5-7,12,14,24,27H,3-4,8-9H2,1-2H3;6-8H,4-5H2,1-3H3;3H2,1-2H3;1H,3H2;2*1-2H3;1-2H2. The summed E-state index contributed by atoms with van der Waals surface area (Å²) in [4.78, 5) is 8.10. The van der Waals surface area contributed by atoms with E-state index in [2.05, 4.69) is 93.5 Å². The summed E-state index contributed by atoms with van der Waals surface area (Å²) in [6, 6.07) is 11.7. The van der Waals surface area contributed by atoms with Gasteiger partial charge in [0, 0.05) is 35.6 Å². The lowest BCUT2D eigenvalue weighted by Gasteiger charge is -2.20. The number of aryl methyl sites for hydroxylation is 4. The van der Waals surface area contributed by atoms with E-state index in [9.17, 15) is 13.2 Å². The van der Waals surface area contributed by atoms with Crippen LogP contribution in [-0.2, 0) is 12.6 Å². The lowest BCUT2D eigenvalue weighted by Crippen LogP contribution is -2.24. The summed E-state index contributed by atoms with van der Waals surface area (Å²) in [6.07, 6.45) is 6.49. The number of nitrogens with one attached hydrogen (secondary N) is 1. The van der Waals surface area contributed by atoms with Gasteiger partial charge < -0.3 is 10.8 Å². The van der Waals surface area contributed by atoms with E-state index in [1.54, 1.807) is 6.04 Å². The summed E-state index contributed by atoms with van der Waals surface area (Å²) in [6.45, 7) is 28.8. The third-order valence-corrected chi connectivity index (χ3v) is 7.83. The summed E-state index contributed by atoms with van der Waals surface area (Å²) in [5, 5.41) is 16.1. The number of pyridine rings is 3. The molecule has 53 heavy (non-hydrogen) atoms. The van der Waals surface area contributed by atoms with Crippen LogP contribution in [0.3, 0.4) is 0 Å². The van der Waals surface area contributed by atoms with Crippen molar-refractivity contribution < 1.29 is 18.3 Å². The van der Waals surface area contributed by atoms with Crippen LogP contribution in [0, 0.1) is 46.1 Å². The van der Waals surface area contributed by atoms with Crippen molar-refractivity contribution in [1.29, 1.82) is 0 Å². The number of aromatic nitrogens is 4. The molecule has 5 rings (SSSR count). The molecule has 0 amide bonds. The number of nitrogens with two attached hydrogens (primary N) is 1. The molecule has 0 bridgehead atoms. The third-order valence-electron chi connectivity index (χ3n) is 7.45. The smallest absolute Gasteiger partial charge is 0.381 e. The molecule has 1 aliphatic carbocycles. The van der Waals surface area contributed by atoms with Crippen LogP contribution in [0.1, 0.15) is 120 Å². The van der Waals surface area contributed by atoms with Crippen molar-refractivity contribution in [1.82, 2.24) is 24.9 Å². The highest BCUT2D eigenvalue weighted by Gasteiger charge is 2.37. The molecule has 4 N–H and O–H groups in total. The van der Waals surface area contributed by atoms with Crippen molar-refractivity contribution in [2.45, 2.75) is 120 Å². The lowest BCUT2D eigenvalue weighted by molar-refractivity contribution is -0.141. The lowest BCUT2D eigenvalue weighted by atomic mass is 9.94. The SMILES string of the molecule is C#CN.C=C.CC.CC.CCC.CCCc1cc2cc(C)cc(C)n2n1.Cc1cc(C(CNCO)C2CC2)nc(-c2ccnc(C(F)(F)F)c2Cl)c1C. The number of terminal acetylenes is 1. The first-order chi connectivity index (χ1) is 25.3. The number of rotatable bonds is 8. The zero-order valence-corrected chi connectivity index (χ0v) is 34.6. The normalized spacial score (nSPS) is 11.8. The van der Waals surface area contributed by atoms with Gasteiger partial charge in [0.25, 0.3) is 0 Å². The first-order valence-corrected chi connectivity index (χ1v) is 18.8. The number of alkyl halides is 3. The van der Waals surface area contributed by atoms with Crippen molar-refractivity contribution >= 4 is 17.1 Å². The minimum atomic E-state index is -4.63. The molecule has 0 spiro atoms. The molecule has 1 unspecified atom stereocenters. The van der Waals surface area contributed by atoms with Crippen molar-refractivity contribution in [3.05, 3.63) is 94.2 Å². The van der Waals surface area contributed by atoms with E-state index in [0.29, 0.717) is 18.2 Å². The molecular weight excluding hydrogens is 697 g/mol. The van der Waals surface area contributed by atoms with E-state index in [1.165, 1.54) is 35.0 Å². The predicted octanol–water partition coefficient (Wildman–Crippen LogP) is 11.2. The Hall–Kier alpha value is -3.91. The van der Waals surface area contributed by atoms with Gasteiger partial charge in [0.15, 0.2) is 5.69 Å². The number of hydrogen-bond donors (Lipinski definition) is 3. The second-order valence-electron chi connectivity index (χ2n) is 11.7. The summed E-state index contributed by atoms with van der Waals surface area (Å²) in [5.41, 5.74) is 11.4. The largest absolute Gasteiger partial charge is 0.434 e. The van der Waals surface area contributed by atoms with E-state index in [1.807, 2.05) is 52.1 Å². The van der Waals surface area contributed by atoms with Gasteiger partial charge in [-0.05, 0) is 106 Å². The second kappa shape index (κ2) is 27.7. The second-order valence-corrected chi connectivity index (χ2v) is 12.1. The maximum Gasteiger partial charge on any atom is 0.434 e. The monoisotopic (exact) mass is 760 g/mol. The van der Waals surface area contributed by atoms with E-state index < -0.39 is 16.9 Å². The molecule has 4 aromatic heterocycles. The molecule has 7 nitrogen and oxygen atoms in total. The molecule has 1 fully saturated rings. The number of fused-ring (bicyclic) bond motifs is 1. The van der Waals surface area contributed by atoms with Crippen LogP contribution in [0.4, 0.5) is 13.2 Å². The third kappa shape index (κ3) is 16.8. The molecule has 4 aromatic rings. The molecule has 4 heterocycles. The molecule has 1 atom stereocenters. The van der Waals surface area contributed by atoms with Gasteiger partial charge in [0.2, 0.25) is 0 Å². The van der Waals surface area contributed by atoms with E-state index >= 15 is 0 Å². The van der Waals surface area contributed by atoms with Gasteiger partial charge in [-0.3, -0.25) is 15.3 Å². The zero-order chi connectivity index (χ0) is 41.3. The van der Waals surface area contributed by atoms with Crippen molar-refractivity contribution in [2.24, 2.45) is 11.7 Å².